The Balaban J connectivity index is 1.98. The first-order chi connectivity index (χ1) is 12.1. The van der Waals surface area contributed by atoms with Gasteiger partial charge in [-0.3, -0.25) is 9.36 Å². The number of para-hydroxylation sites is 1. The van der Waals surface area contributed by atoms with E-state index in [2.05, 4.69) is 10.3 Å². The predicted molar refractivity (Wildman–Crippen MR) is 96.3 cm³/mol. The number of imidazole rings is 1. The van der Waals surface area contributed by atoms with Crippen molar-refractivity contribution in [2.75, 3.05) is 18.7 Å². The average Bonchev–Trinajstić information content (AvgIpc) is 3.08. The highest BCUT2D eigenvalue weighted by Crippen LogP contribution is 2.27. The molecular formula is C18H16FN3O2S. The van der Waals surface area contributed by atoms with Crippen molar-refractivity contribution in [1.82, 2.24) is 9.55 Å². The fourth-order valence-corrected chi connectivity index (χ4v) is 2.96. The summed E-state index contributed by atoms with van der Waals surface area (Å²) in [7, 11) is 1.42. The maximum Gasteiger partial charge on any atom is 0.274 e. The van der Waals surface area contributed by atoms with E-state index in [9.17, 15) is 9.18 Å². The fourth-order valence-electron chi connectivity index (χ4n) is 2.42. The monoisotopic (exact) mass is 357 g/mol. The molecule has 0 fully saturated rings. The maximum absolute atomic E-state index is 13.3. The summed E-state index contributed by atoms with van der Waals surface area (Å²) < 4.78 is 20.2. The largest absolute Gasteiger partial charge is 0.494 e. The summed E-state index contributed by atoms with van der Waals surface area (Å²) in [4.78, 5) is 17.1. The van der Waals surface area contributed by atoms with E-state index in [0.717, 1.165) is 5.69 Å². The van der Waals surface area contributed by atoms with Crippen LogP contribution in [-0.4, -0.2) is 28.8 Å². The molecule has 1 N–H and O–H groups in total. The van der Waals surface area contributed by atoms with Crippen molar-refractivity contribution in [3.8, 4) is 11.4 Å². The fraction of sp³-hybridized carbons (Fsp3) is 0.111. The smallest absolute Gasteiger partial charge is 0.274 e. The van der Waals surface area contributed by atoms with Crippen LogP contribution in [-0.2, 0) is 0 Å². The highest BCUT2D eigenvalue weighted by atomic mass is 32.2. The second-order valence-electron chi connectivity index (χ2n) is 5.10. The zero-order valence-corrected chi connectivity index (χ0v) is 14.5. The van der Waals surface area contributed by atoms with Crippen LogP contribution in [0.4, 0.5) is 10.1 Å². The normalized spacial score (nSPS) is 10.5. The number of nitrogens with one attached hydrogen (secondary N) is 1. The van der Waals surface area contributed by atoms with Crippen molar-refractivity contribution in [2.45, 2.75) is 5.16 Å². The van der Waals surface area contributed by atoms with Gasteiger partial charge in [0.15, 0.2) is 5.16 Å². The van der Waals surface area contributed by atoms with Crippen molar-refractivity contribution in [3.63, 3.8) is 0 Å². The minimum absolute atomic E-state index is 0.254. The number of methoxy groups -OCH3 is 1. The molecule has 7 heteroatoms. The topological polar surface area (TPSA) is 56.1 Å². The maximum atomic E-state index is 13.3. The van der Waals surface area contributed by atoms with Gasteiger partial charge in [0.25, 0.3) is 5.91 Å². The van der Waals surface area contributed by atoms with Gasteiger partial charge in [0.1, 0.15) is 17.3 Å². The van der Waals surface area contributed by atoms with Gasteiger partial charge in [-0.15, -0.1) is 0 Å². The third-order valence-corrected chi connectivity index (χ3v) is 4.22. The van der Waals surface area contributed by atoms with E-state index < -0.39 is 5.82 Å². The van der Waals surface area contributed by atoms with Crippen LogP contribution < -0.4 is 10.1 Å². The first kappa shape index (κ1) is 17.0. The van der Waals surface area contributed by atoms with Gasteiger partial charge in [0.05, 0.1) is 19.0 Å². The number of carbonyl (C=O) groups excluding carboxylic acids is 1. The molecule has 0 bridgehead atoms. The Morgan fingerprint density at radius 2 is 2.00 bits per heavy atom. The van der Waals surface area contributed by atoms with E-state index in [4.69, 9.17) is 4.74 Å². The number of anilines is 1. The summed E-state index contributed by atoms with van der Waals surface area (Å²) in [6, 6.07) is 13.4. The summed E-state index contributed by atoms with van der Waals surface area (Å²) in [6.45, 7) is 0. The van der Waals surface area contributed by atoms with Crippen molar-refractivity contribution in [1.29, 1.82) is 0 Å². The van der Waals surface area contributed by atoms with Gasteiger partial charge in [-0.05, 0) is 30.5 Å². The molecule has 0 saturated carbocycles. The molecule has 0 unspecified atom stereocenters. The van der Waals surface area contributed by atoms with Crippen LogP contribution >= 0.6 is 11.8 Å². The number of amides is 1. The molecule has 1 amide bonds. The average molecular weight is 357 g/mol. The van der Waals surface area contributed by atoms with E-state index in [1.54, 1.807) is 4.57 Å². The standard InChI is InChI=1S/C18H16FN3O2S/c1-24-16-10-12(19)8-9-14(16)21-17(23)15-11-20-18(25-2)22(15)13-6-4-3-5-7-13/h3-11H,1-2H3,(H,21,23). The number of nitrogens with zero attached hydrogens (tertiary/aromatic N) is 2. The second-order valence-corrected chi connectivity index (χ2v) is 5.87. The number of thioether (sulfide) groups is 1. The minimum atomic E-state index is -0.436. The van der Waals surface area contributed by atoms with Crippen LogP contribution in [0.25, 0.3) is 5.69 Å². The Morgan fingerprint density at radius 3 is 2.68 bits per heavy atom. The Labute approximate surface area is 148 Å². The molecule has 0 aliphatic heterocycles. The molecule has 1 aromatic heterocycles. The zero-order valence-electron chi connectivity index (χ0n) is 13.7. The first-order valence-corrected chi connectivity index (χ1v) is 8.68. The highest BCUT2D eigenvalue weighted by Gasteiger charge is 2.19. The highest BCUT2D eigenvalue weighted by molar-refractivity contribution is 7.98. The number of carbonyl (C=O) groups is 1. The number of benzene rings is 2. The number of hydrogen-bond donors (Lipinski definition) is 1. The van der Waals surface area contributed by atoms with Crippen LogP contribution in [0.15, 0.2) is 59.9 Å². The summed E-state index contributed by atoms with van der Waals surface area (Å²) in [6.07, 6.45) is 3.41. The lowest BCUT2D eigenvalue weighted by Gasteiger charge is -2.13. The van der Waals surface area contributed by atoms with Gasteiger partial charge >= 0.3 is 0 Å². The number of hydrogen-bond acceptors (Lipinski definition) is 4. The summed E-state index contributed by atoms with van der Waals surface area (Å²) in [5, 5.41) is 3.45. The third kappa shape index (κ3) is 3.51. The molecule has 25 heavy (non-hydrogen) atoms. The van der Waals surface area contributed by atoms with Gasteiger partial charge in [-0.25, -0.2) is 9.37 Å². The first-order valence-electron chi connectivity index (χ1n) is 7.46. The molecule has 0 saturated heterocycles. The van der Waals surface area contributed by atoms with Crippen LogP contribution in [0.5, 0.6) is 5.75 Å². The quantitative estimate of drug-likeness (QED) is 0.702. The van der Waals surface area contributed by atoms with Crippen molar-refractivity contribution >= 4 is 23.4 Å². The number of aromatic nitrogens is 2. The van der Waals surface area contributed by atoms with Crippen LogP contribution in [0.2, 0.25) is 0 Å². The minimum Gasteiger partial charge on any atom is -0.494 e. The zero-order chi connectivity index (χ0) is 17.8. The predicted octanol–water partition coefficient (Wildman–Crippen LogP) is 3.99. The Morgan fingerprint density at radius 1 is 1.24 bits per heavy atom. The Bertz CT molecular complexity index is 897. The van der Waals surface area contributed by atoms with Gasteiger partial charge in [-0.2, -0.15) is 0 Å². The van der Waals surface area contributed by atoms with Crippen molar-refractivity contribution < 1.29 is 13.9 Å². The summed E-state index contributed by atoms with van der Waals surface area (Å²) in [5.74, 6) is -0.542. The molecule has 3 aromatic rings. The third-order valence-electron chi connectivity index (χ3n) is 3.57. The lowest BCUT2D eigenvalue weighted by Crippen LogP contribution is -2.17. The molecule has 1 heterocycles. The van der Waals surface area contributed by atoms with Gasteiger partial charge in [-0.1, -0.05) is 30.0 Å². The molecular weight excluding hydrogens is 341 g/mol. The lowest BCUT2D eigenvalue weighted by molar-refractivity contribution is 0.101. The molecule has 0 aliphatic carbocycles. The number of rotatable bonds is 5. The molecule has 2 aromatic carbocycles. The summed E-state index contributed by atoms with van der Waals surface area (Å²) in [5.41, 5.74) is 1.60. The number of halogens is 1. The molecule has 5 nitrogen and oxygen atoms in total. The van der Waals surface area contributed by atoms with Gasteiger partial charge < -0.3 is 10.1 Å². The SMILES string of the molecule is COc1cc(F)ccc1NC(=O)c1cnc(SC)n1-c1ccccc1. The molecule has 3 rings (SSSR count). The van der Waals surface area contributed by atoms with Crippen LogP contribution in [0.1, 0.15) is 10.5 Å². The molecule has 0 aliphatic rings. The van der Waals surface area contributed by atoms with E-state index in [-0.39, 0.29) is 11.7 Å². The lowest BCUT2D eigenvalue weighted by atomic mass is 10.2. The molecule has 128 valence electrons. The van der Waals surface area contributed by atoms with E-state index in [1.807, 2.05) is 36.6 Å². The van der Waals surface area contributed by atoms with E-state index in [0.29, 0.717) is 16.5 Å². The van der Waals surface area contributed by atoms with Gasteiger partial charge in [0.2, 0.25) is 0 Å². The van der Waals surface area contributed by atoms with Crippen molar-refractivity contribution in [2.24, 2.45) is 0 Å². The summed E-state index contributed by atoms with van der Waals surface area (Å²) >= 11 is 1.44. The van der Waals surface area contributed by atoms with E-state index >= 15 is 0 Å². The second kappa shape index (κ2) is 7.40. The Hall–Kier alpha value is -2.80. The molecule has 0 radical (unpaired) electrons. The van der Waals surface area contributed by atoms with Crippen molar-refractivity contribution in [3.05, 3.63) is 66.2 Å². The van der Waals surface area contributed by atoms with E-state index in [1.165, 1.54) is 43.3 Å². The molecule has 0 atom stereocenters. The van der Waals surface area contributed by atoms with Gasteiger partial charge in [0, 0.05) is 11.8 Å². The van der Waals surface area contributed by atoms with Crippen LogP contribution in [0.3, 0.4) is 0 Å². The van der Waals surface area contributed by atoms with Crippen LogP contribution in [0, 0.1) is 5.82 Å². The Kier molecular flexibility index (Phi) is 5.04. The molecule has 0 spiro atoms. The number of ether oxygens (including phenoxy) is 1.